The zero-order valence-corrected chi connectivity index (χ0v) is 14.9. The van der Waals surface area contributed by atoms with E-state index in [0.29, 0.717) is 6.07 Å². The summed E-state index contributed by atoms with van der Waals surface area (Å²) in [6.45, 7) is 3.53. The minimum absolute atomic E-state index is 0.277. The molecule has 0 bridgehead atoms. The van der Waals surface area contributed by atoms with Crippen LogP contribution in [0.15, 0.2) is 41.5 Å². The summed E-state index contributed by atoms with van der Waals surface area (Å²) >= 11 is 0. The number of hydrogen-bond acceptors (Lipinski definition) is 8. The van der Waals surface area contributed by atoms with Gasteiger partial charge in [-0.2, -0.15) is 5.10 Å². The molecule has 1 amide bonds. The van der Waals surface area contributed by atoms with Gasteiger partial charge in [-0.3, -0.25) is 25.0 Å². The summed E-state index contributed by atoms with van der Waals surface area (Å²) in [5.74, 6) is -1.31. The Balaban J connectivity index is 2.10. The number of rotatable bonds is 7. The van der Waals surface area contributed by atoms with E-state index in [4.69, 9.17) is 0 Å². The Morgan fingerprint density at radius 3 is 2.39 bits per heavy atom. The van der Waals surface area contributed by atoms with Crippen LogP contribution in [0.2, 0.25) is 0 Å². The average Bonchev–Trinajstić information content (AvgIpc) is 2.64. The van der Waals surface area contributed by atoms with Crippen LogP contribution in [0.4, 0.5) is 17.1 Å². The number of anilines is 1. The number of hydrogen-bond donors (Lipinski definition) is 3. The number of amides is 1. The standard InChI is InChI=1S/C17H17N5O6/c1-10-3-5-13(6-4-10)19-11(2)17(24)20-18-9-12-7-14(21(25)26)8-15(16(12)23)22(27)28/h3-9,11,19,23H,1-2H3,(H,20,24). The first-order valence-electron chi connectivity index (χ1n) is 8.01. The molecular weight excluding hydrogens is 370 g/mol. The number of carbonyl (C=O) groups excluding carboxylic acids is 1. The first kappa shape index (κ1) is 20.3. The van der Waals surface area contributed by atoms with Crippen molar-refractivity contribution in [3.8, 4) is 5.75 Å². The molecule has 11 nitrogen and oxygen atoms in total. The molecular formula is C17H17N5O6. The lowest BCUT2D eigenvalue weighted by Crippen LogP contribution is -2.34. The number of nitro benzene ring substituents is 2. The summed E-state index contributed by atoms with van der Waals surface area (Å²) in [5.41, 5.74) is 2.29. The Bertz CT molecular complexity index is 942. The first-order chi connectivity index (χ1) is 13.2. The van der Waals surface area contributed by atoms with Gasteiger partial charge in [-0.1, -0.05) is 17.7 Å². The van der Waals surface area contributed by atoms with Crippen molar-refractivity contribution in [2.75, 3.05) is 5.32 Å². The number of hydrazone groups is 1. The number of nitrogens with one attached hydrogen (secondary N) is 2. The molecule has 1 atom stereocenters. The van der Waals surface area contributed by atoms with E-state index in [1.54, 1.807) is 6.92 Å². The van der Waals surface area contributed by atoms with Gasteiger partial charge in [0.25, 0.3) is 11.6 Å². The fourth-order valence-electron chi connectivity index (χ4n) is 2.20. The Morgan fingerprint density at radius 2 is 1.82 bits per heavy atom. The van der Waals surface area contributed by atoms with Gasteiger partial charge in [0.1, 0.15) is 6.04 Å². The van der Waals surface area contributed by atoms with Crippen LogP contribution in [0.3, 0.4) is 0 Å². The van der Waals surface area contributed by atoms with Crippen LogP contribution in [0.1, 0.15) is 18.1 Å². The van der Waals surface area contributed by atoms with Crippen molar-refractivity contribution < 1.29 is 19.7 Å². The minimum Gasteiger partial charge on any atom is -0.502 e. The number of carbonyl (C=O) groups is 1. The Labute approximate surface area is 159 Å². The molecule has 3 N–H and O–H groups in total. The fourth-order valence-corrected chi connectivity index (χ4v) is 2.20. The highest BCUT2D eigenvalue weighted by Crippen LogP contribution is 2.33. The van der Waals surface area contributed by atoms with Gasteiger partial charge in [-0.05, 0) is 26.0 Å². The van der Waals surface area contributed by atoms with Crippen LogP contribution in [0, 0.1) is 27.2 Å². The minimum atomic E-state index is -0.953. The van der Waals surface area contributed by atoms with E-state index >= 15 is 0 Å². The lowest BCUT2D eigenvalue weighted by molar-refractivity contribution is -0.394. The van der Waals surface area contributed by atoms with Crippen LogP contribution in [0.25, 0.3) is 0 Å². The summed E-state index contributed by atoms with van der Waals surface area (Å²) in [7, 11) is 0. The lowest BCUT2D eigenvalue weighted by atomic mass is 10.1. The molecule has 0 fully saturated rings. The van der Waals surface area contributed by atoms with E-state index < -0.39 is 38.9 Å². The number of benzene rings is 2. The van der Waals surface area contributed by atoms with E-state index in [0.717, 1.165) is 23.5 Å². The Morgan fingerprint density at radius 1 is 1.18 bits per heavy atom. The zero-order chi connectivity index (χ0) is 20.8. The van der Waals surface area contributed by atoms with Gasteiger partial charge in [0, 0.05) is 11.8 Å². The lowest BCUT2D eigenvalue weighted by Gasteiger charge is -2.13. The summed E-state index contributed by atoms with van der Waals surface area (Å²) < 4.78 is 0. The molecule has 28 heavy (non-hydrogen) atoms. The second-order valence-corrected chi connectivity index (χ2v) is 5.88. The van der Waals surface area contributed by atoms with Crippen molar-refractivity contribution in [3.63, 3.8) is 0 Å². The van der Waals surface area contributed by atoms with Gasteiger partial charge in [0.05, 0.1) is 27.7 Å². The molecule has 146 valence electrons. The van der Waals surface area contributed by atoms with Gasteiger partial charge < -0.3 is 10.4 Å². The molecule has 0 spiro atoms. The maximum atomic E-state index is 12.1. The Hall–Kier alpha value is -4.02. The summed E-state index contributed by atoms with van der Waals surface area (Å²) in [6, 6.07) is 8.26. The van der Waals surface area contributed by atoms with Crippen molar-refractivity contribution in [1.82, 2.24) is 5.43 Å². The summed E-state index contributed by atoms with van der Waals surface area (Å²) in [5, 5.41) is 38.2. The van der Waals surface area contributed by atoms with E-state index in [-0.39, 0.29) is 5.56 Å². The monoisotopic (exact) mass is 387 g/mol. The molecule has 0 aromatic heterocycles. The van der Waals surface area contributed by atoms with Gasteiger partial charge in [0.15, 0.2) is 0 Å². The van der Waals surface area contributed by atoms with E-state index in [2.05, 4.69) is 15.8 Å². The average molecular weight is 387 g/mol. The van der Waals surface area contributed by atoms with E-state index in [1.165, 1.54) is 0 Å². The number of nitrogens with zero attached hydrogens (tertiary/aromatic N) is 3. The third-order valence-electron chi connectivity index (χ3n) is 3.72. The Kier molecular flexibility index (Phi) is 6.22. The predicted molar refractivity (Wildman–Crippen MR) is 101 cm³/mol. The molecule has 0 aliphatic rings. The van der Waals surface area contributed by atoms with Gasteiger partial charge in [-0.25, -0.2) is 5.43 Å². The number of non-ortho nitro benzene ring substituents is 1. The molecule has 2 aromatic carbocycles. The fraction of sp³-hybridized carbons (Fsp3) is 0.176. The second kappa shape index (κ2) is 8.58. The summed E-state index contributed by atoms with van der Waals surface area (Å²) in [6.07, 6.45) is 0.895. The smallest absolute Gasteiger partial charge is 0.318 e. The summed E-state index contributed by atoms with van der Waals surface area (Å²) in [4.78, 5) is 32.1. The molecule has 0 saturated carbocycles. The molecule has 1 unspecified atom stereocenters. The SMILES string of the molecule is Cc1ccc(NC(C)C(=O)NN=Cc2cc([N+](=O)[O-])cc([N+](=O)[O-])c2O)cc1. The molecule has 2 aromatic rings. The highest BCUT2D eigenvalue weighted by Gasteiger charge is 2.23. The van der Waals surface area contributed by atoms with Crippen LogP contribution >= 0.6 is 0 Å². The van der Waals surface area contributed by atoms with Crippen molar-refractivity contribution in [3.05, 3.63) is 67.8 Å². The van der Waals surface area contributed by atoms with E-state index in [9.17, 15) is 30.1 Å². The number of phenolic OH excluding ortho intramolecular Hbond substituents is 1. The van der Waals surface area contributed by atoms with Crippen molar-refractivity contribution >= 4 is 29.2 Å². The molecule has 0 saturated heterocycles. The maximum absolute atomic E-state index is 12.1. The maximum Gasteiger partial charge on any atom is 0.318 e. The molecule has 0 aliphatic carbocycles. The van der Waals surface area contributed by atoms with Crippen LogP contribution in [-0.2, 0) is 4.79 Å². The largest absolute Gasteiger partial charge is 0.502 e. The van der Waals surface area contributed by atoms with Crippen molar-refractivity contribution in [1.29, 1.82) is 0 Å². The molecule has 0 heterocycles. The first-order valence-corrected chi connectivity index (χ1v) is 8.01. The van der Waals surface area contributed by atoms with Gasteiger partial charge in [0.2, 0.25) is 5.75 Å². The van der Waals surface area contributed by atoms with Crippen molar-refractivity contribution in [2.24, 2.45) is 5.10 Å². The number of aromatic hydroxyl groups is 1. The number of phenols is 1. The van der Waals surface area contributed by atoms with Gasteiger partial charge >= 0.3 is 5.69 Å². The third kappa shape index (κ3) is 5.00. The zero-order valence-electron chi connectivity index (χ0n) is 14.9. The van der Waals surface area contributed by atoms with E-state index in [1.807, 2.05) is 31.2 Å². The van der Waals surface area contributed by atoms with Crippen molar-refractivity contribution in [2.45, 2.75) is 19.9 Å². The van der Waals surface area contributed by atoms with Crippen LogP contribution in [-0.4, -0.2) is 33.1 Å². The topological polar surface area (TPSA) is 160 Å². The van der Waals surface area contributed by atoms with Gasteiger partial charge in [-0.15, -0.1) is 0 Å². The molecule has 2 rings (SSSR count). The highest BCUT2D eigenvalue weighted by atomic mass is 16.6. The molecule has 0 radical (unpaired) electrons. The normalized spacial score (nSPS) is 11.8. The highest BCUT2D eigenvalue weighted by molar-refractivity contribution is 5.89. The molecule has 0 aliphatic heterocycles. The third-order valence-corrected chi connectivity index (χ3v) is 3.72. The molecule has 11 heteroatoms. The predicted octanol–water partition coefficient (Wildman–Crippen LogP) is 2.47. The quantitative estimate of drug-likeness (QED) is 0.373. The number of aryl methyl sites for hydroxylation is 1. The van der Waals surface area contributed by atoms with Crippen LogP contribution < -0.4 is 10.7 Å². The number of nitro groups is 2. The second-order valence-electron chi connectivity index (χ2n) is 5.88. The van der Waals surface area contributed by atoms with Crippen LogP contribution in [0.5, 0.6) is 5.75 Å².